The fourth-order valence-electron chi connectivity index (χ4n) is 2.49. The molecular weight excluding hydrogens is 274 g/mol. The van der Waals surface area contributed by atoms with Gasteiger partial charge in [-0.3, -0.25) is 9.67 Å². The Bertz CT molecular complexity index is 742. The quantitative estimate of drug-likeness (QED) is 0.697. The molecule has 0 aromatic carbocycles. The highest BCUT2D eigenvalue weighted by Gasteiger charge is 2.20. The number of rotatable bonds is 3. The van der Waals surface area contributed by atoms with Crippen LogP contribution in [0.5, 0.6) is 0 Å². The average Bonchev–Trinajstić information content (AvgIpc) is 2.91. The molecule has 0 amide bonds. The molecule has 0 radical (unpaired) electrons. The lowest BCUT2D eigenvalue weighted by Gasteiger charge is -2.10. The van der Waals surface area contributed by atoms with E-state index < -0.39 is 0 Å². The van der Waals surface area contributed by atoms with Gasteiger partial charge in [-0.05, 0) is 25.5 Å². The van der Waals surface area contributed by atoms with E-state index in [2.05, 4.69) is 19.6 Å². The minimum Gasteiger partial charge on any atom is -0.307 e. The summed E-state index contributed by atoms with van der Waals surface area (Å²) in [7, 11) is 1.93. The predicted octanol–water partition coefficient (Wildman–Crippen LogP) is 2.82. The molecule has 0 saturated heterocycles. The first-order valence-electron chi connectivity index (χ1n) is 6.50. The molecule has 0 aliphatic rings. The van der Waals surface area contributed by atoms with Crippen molar-refractivity contribution in [2.75, 3.05) is 0 Å². The molecule has 3 aromatic heterocycles. The SMILES string of the molecule is Cc1nn(C)c2c1nc(C(C)Cl)n2Cc1cccnc1. The fourth-order valence-corrected chi connectivity index (χ4v) is 2.65. The Morgan fingerprint density at radius 3 is 2.85 bits per heavy atom. The van der Waals surface area contributed by atoms with Crippen molar-refractivity contribution in [2.24, 2.45) is 7.05 Å². The van der Waals surface area contributed by atoms with E-state index in [-0.39, 0.29) is 5.38 Å². The molecular formula is C14H16ClN5. The van der Waals surface area contributed by atoms with Gasteiger partial charge in [-0.25, -0.2) is 4.98 Å². The molecule has 0 saturated carbocycles. The highest BCUT2D eigenvalue weighted by Crippen LogP contribution is 2.26. The number of nitrogens with zero attached hydrogens (tertiary/aromatic N) is 5. The zero-order chi connectivity index (χ0) is 14.3. The van der Waals surface area contributed by atoms with Gasteiger partial charge in [0.05, 0.1) is 17.6 Å². The van der Waals surface area contributed by atoms with Crippen LogP contribution in [0.4, 0.5) is 0 Å². The average molecular weight is 290 g/mol. The Morgan fingerprint density at radius 1 is 1.40 bits per heavy atom. The molecule has 20 heavy (non-hydrogen) atoms. The molecule has 1 atom stereocenters. The topological polar surface area (TPSA) is 48.5 Å². The van der Waals surface area contributed by atoms with Gasteiger partial charge in [0.15, 0.2) is 5.65 Å². The van der Waals surface area contributed by atoms with E-state index in [4.69, 9.17) is 11.6 Å². The number of alkyl halides is 1. The van der Waals surface area contributed by atoms with E-state index in [9.17, 15) is 0 Å². The molecule has 6 heteroatoms. The second kappa shape index (κ2) is 4.90. The van der Waals surface area contributed by atoms with Gasteiger partial charge in [0, 0.05) is 19.4 Å². The van der Waals surface area contributed by atoms with Gasteiger partial charge in [0.2, 0.25) is 0 Å². The summed E-state index contributed by atoms with van der Waals surface area (Å²) in [6.45, 7) is 4.59. The fraction of sp³-hybridized carbons (Fsp3) is 0.357. The van der Waals surface area contributed by atoms with Crippen LogP contribution in [0.1, 0.15) is 29.4 Å². The molecule has 0 fully saturated rings. The van der Waals surface area contributed by atoms with Crippen molar-refractivity contribution in [2.45, 2.75) is 25.8 Å². The normalized spacial score (nSPS) is 13.0. The van der Waals surface area contributed by atoms with Gasteiger partial charge < -0.3 is 4.57 Å². The molecule has 5 nitrogen and oxygen atoms in total. The number of halogens is 1. The molecule has 0 bridgehead atoms. The van der Waals surface area contributed by atoms with Crippen LogP contribution in [-0.4, -0.2) is 24.3 Å². The van der Waals surface area contributed by atoms with Crippen molar-refractivity contribution >= 4 is 22.8 Å². The summed E-state index contributed by atoms with van der Waals surface area (Å²) < 4.78 is 3.97. The van der Waals surface area contributed by atoms with Crippen molar-refractivity contribution in [3.63, 3.8) is 0 Å². The van der Waals surface area contributed by atoms with Gasteiger partial charge in [-0.1, -0.05) is 6.07 Å². The van der Waals surface area contributed by atoms with E-state index in [0.717, 1.165) is 28.2 Å². The maximum absolute atomic E-state index is 6.28. The third-order valence-electron chi connectivity index (χ3n) is 3.34. The van der Waals surface area contributed by atoms with Crippen molar-refractivity contribution in [3.8, 4) is 0 Å². The minimum atomic E-state index is -0.154. The lowest BCUT2D eigenvalue weighted by Crippen LogP contribution is -2.09. The number of pyridine rings is 1. The molecule has 3 heterocycles. The summed E-state index contributed by atoms with van der Waals surface area (Å²) in [5.41, 5.74) is 3.95. The molecule has 3 rings (SSSR count). The highest BCUT2D eigenvalue weighted by molar-refractivity contribution is 6.20. The molecule has 0 spiro atoms. The monoisotopic (exact) mass is 289 g/mol. The molecule has 104 valence electrons. The van der Waals surface area contributed by atoms with Crippen molar-refractivity contribution < 1.29 is 0 Å². The van der Waals surface area contributed by atoms with Crippen LogP contribution in [-0.2, 0) is 13.6 Å². The summed E-state index contributed by atoms with van der Waals surface area (Å²) in [4.78, 5) is 8.81. The van der Waals surface area contributed by atoms with E-state index in [0.29, 0.717) is 6.54 Å². The smallest absolute Gasteiger partial charge is 0.159 e. The lowest BCUT2D eigenvalue weighted by atomic mass is 10.3. The van der Waals surface area contributed by atoms with Gasteiger partial charge in [0.1, 0.15) is 11.3 Å². The molecule has 0 N–H and O–H groups in total. The predicted molar refractivity (Wildman–Crippen MR) is 78.8 cm³/mol. The number of aromatic nitrogens is 5. The number of hydrogen-bond donors (Lipinski definition) is 0. The molecule has 0 aliphatic carbocycles. The highest BCUT2D eigenvalue weighted by atomic mass is 35.5. The Hall–Kier alpha value is -1.88. The van der Waals surface area contributed by atoms with Crippen LogP contribution in [0.2, 0.25) is 0 Å². The van der Waals surface area contributed by atoms with Crippen molar-refractivity contribution in [3.05, 3.63) is 41.6 Å². The van der Waals surface area contributed by atoms with Gasteiger partial charge in [-0.2, -0.15) is 5.10 Å². The Kier molecular flexibility index (Phi) is 3.22. The number of aryl methyl sites for hydroxylation is 2. The number of fused-ring (bicyclic) bond motifs is 1. The Labute approximate surface area is 122 Å². The van der Waals surface area contributed by atoms with Crippen molar-refractivity contribution in [1.82, 2.24) is 24.3 Å². The standard InChI is InChI=1S/C14H16ClN5/c1-9(15)13-17-12-10(2)18-19(3)14(12)20(13)8-11-5-4-6-16-7-11/h4-7,9H,8H2,1-3H3. The number of hydrogen-bond acceptors (Lipinski definition) is 3. The van der Waals surface area contributed by atoms with Gasteiger partial charge >= 0.3 is 0 Å². The summed E-state index contributed by atoms with van der Waals surface area (Å²) in [6, 6.07) is 3.98. The van der Waals surface area contributed by atoms with E-state index in [1.807, 2.05) is 43.9 Å². The summed E-state index contributed by atoms with van der Waals surface area (Å²) in [6.07, 6.45) is 3.63. The summed E-state index contributed by atoms with van der Waals surface area (Å²) in [5.74, 6) is 0.863. The van der Waals surface area contributed by atoms with E-state index in [1.54, 1.807) is 6.20 Å². The second-order valence-electron chi connectivity index (χ2n) is 4.91. The van der Waals surface area contributed by atoms with Crippen LogP contribution in [0.3, 0.4) is 0 Å². The Morgan fingerprint density at radius 2 is 2.20 bits per heavy atom. The number of imidazole rings is 1. The van der Waals surface area contributed by atoms with Gasteiger partial charge in [-0.15, -0.1) is 11.6 Å². The summed E-state index contributed by atoms with van der Waals surface area (Å²) in [5, 5.41) is 4.27. The lowest BCUT2D eigenvalue weighted by molar-refractivity contribution is 0.685. The van der Waals surface area contributed by atoms with Crippen molar-refractivity contribution in [1.29, 1.82) is 0 Å². The van der Waals surface area contributed by atoms with E-state index >= 15 is 0 Å². The zero-order valence-electron chi connectivity index (χ0n) is 11.7. The third kappa shape index (κ3) is 2.08. The molecule has 3 aromatic rings. The minimum absolute atomic E-state index is 0.154. The molecule has 0 aliphatic heterocycles. The first-order chi connectivity index (χ1) is 9.58. The largest absolute Gasteiger partial charge is 0.307 e. The summed E-state index contributed by atoms with van der Waals surface area (Å²) >= 11 is 6.28. The first kappa shape index (κ1) is 13.1. The maximum atomic E-state index is 6.28. The third-order valence-corrected chi connectivity index (χ3v) is 3.53. The van der Waals surface area contributed by atoms with Gasteiger partial charge in [0.25, 0.3) is 0 Å². The van der Waals surface area contributed by atoms with E-state index in [1.165, 1.54) is 0 Å². The maximum Gasteiger partial charge on any atom is 0.159 e. The Balaban J connectivity index is 2.18. The van der Waals surface area contributed by atoms with Crippen LogP contribution in [0, 0.1) is 6.92 Å². The first-order valence-corrected chi connectivity index (χ1v) is 6.94. The molecule has 1 unspecified atom stereocenters. The van der Waals surface area contributed by atoms with Crippen LogP contribution < -0.4 is 0 Å². The van der Waals surface area contributed by atoms with Crippen LogP contribution in [0.25, 0.3) is 11.2 Å². The van der Waals surface area contributed by atoms with Crippen LogP contribution >= 0.6 is 11.6 Å². The van der Waals surface area contributed by atoms with Crippen LogP contribution in [0.15, 0.2) is 24.5 Å². The second-order valence-corrected chi connectivity index (χ2v) is 5.57. The zero-order valence-corrected chi connectivity index (χ0v) is 12.5.